The van der Waals surface area contributed by atoms with Gasteiger partial charge in [0.15, 0.2) is 0 Å². The summed E-state index contributed by atoms with van der Waals surface area (Å²) in [5.74, 6) is -0.0383. The molecule has 0 saturated heterocycles. The van der Waals surface area contributed by atoms with Crippen LogP contribution in [0.3, 0.4) is 0 Å². The Balaban J connectivity index is 2.84. The van der Waals surface area contributed by atoms with Crippen molar-refractivity contribution >= 4 is 0 Å². The fourth-order valence-electron chi connectivity index (χ4n) is 4.92. The molecule has 1 aromatic carbocycles. The molecule has 0 aliphatic rings. The van der Waals surface area contributed by atoms with Gasteiger partial charge in [0.05, 0.1) is 5.60 Å². The highest BCUT2D eigenvalue weighted by molar-refractivity contribution is 5.33. The Labute approximate surface area is 227 Å². The van der Waals surface area contributed by atoms with Crippen LogP contribution in [-0.2, 0) is 10.3 Å². The fourth-order valence-corrected chi connectivity index (χ4v) is 4.92. The topological polar surface area (TPSA) is 9.23 Å². The summed E-state index contributed by atoms with van der Waals surface area (Å²) in [6.45, 7) is 16.6. The second-order valence-electron chi connectivity index (χ2n) is 13.8. The molecule has 0 radical (unpaired) electrons. The molecular formula is C31H50F6O. The van der Waals surface area contributed by atoms with Crippen LogP contribution in [0.4, 0.5) is 26.3 Å². The maximum Gasteiger partial charge on any atom is 0.430 e. The van der Waals surface area contributed by atoms with Crippen molar-refractivity contribution in [1.29, 1.82) is 0 Å². The second-order valence-corrected chi connectivity index (χ2v) is 13.8. The molecule has 0 bridgehead atoms. The Bertz CT molecular complexity index is 808. The zero-order valence-corrected chi connectivity index (χ0v) is 24.9. The Hall–Kier alpha value is -1.24. The molecule has 222 valence electrons. The quantitative estimate of drug-likeness (QED) is 0.175. The van der Waals surface area contributed by atoms with Gasteiger partial charge < -0.3 is 4.74 Å². The van der Waals surface area contributed by atoms with Crippen molar-refractivity contribution in [3.8, 4) is 0 Å². The predicted octanol–water partition coefficient (Wildman–Crippen LogP) is 11.5. The van der Waals surface area contributed by atoms with Crippen LogP contribution in [0.2, 0.25) is 0 Å². The van der Waals surface area contributed by atoms with Crippen LogP contribution in [0.1, 0.15) is 137 Å². The van der Waals surface area contributed by atoms with E-state index < -0.39 is 29.1 Å². The van der Waals surface area contributed by atoms with Crippen molar-refractivity contribution in [2.24, 2.45) is 10.8 Å². The van der Waals surface area contributed by atoms with Gasteiger partial charge in [0.25, 0.3) is 5.60 Å². The van der Waals surface area contributed by atoms with E-state index in [1.54, 1.807) is 0 Å². The number of unbranched alkanes of at least 4 members (excludes halogenated alkanes) is 6. The normalized spacial score (nSPS) is 15.1. The van der Waals surface area contributed by atoms with Gasteiger partial charge in [-0.1, -0.05) is 111 Å². The Morgan fingerprint density at radius 3 is 1.37 bits per heavy atom. The van der Waals surface area contributed by atoms with Gasteiger partial charge in [0.2, 0.25) is 0 Å². The molecule has 1 aromatic rings. The molecule has 0 aliphatic heterocycles. The van der Waals surface area contributed by atoms with Gasteiger partial charge in [-0.25, -0.2) is 0 Å². The van der Waals surface area contributed by atoms with Crippen molar-refractivity contribution in [2.45, 2.75) is 150 Å². The lowest BCUT2D eigenvalue weighted by Crippen LogP contribution is -2.58. The summed E-state index contributed by atoms with van der Waals surface area (Å²) >= 11 is 0. The molecule has 0 spiro atoms. The summed E-state index contributed by atoms with van der Waals surface area (Å²) in [6, 6.07) is 4.62. The van der Waals surface area contributed by atoms with Crippen LogP contribution in [0.25, 0.3) is 0 Å². The third-order valence-electron chi connectivity index (χ3n) is 7.49. The van der Waals surface area contributed by atoms with E-state index in [2.05, 4.69) is 34.6 Å². The molecule has 1 nitrogen and oxygen atoms in total. The van der Waals surface area contributed by atoms with Gasteiger partial charge in [-0.2, -0.15) is 26.3 Å². The molecular weight excluding hydrogens is 502 g/mol. The monoisotopic (exact) mass is 552 g/mol. The summed E-state index contributed by atoms with van der Waals surface area (Å²) < 4.78 is 88.9. The minimum Gasteiger partial charge on any atom is -0.348 e. The Morgan fingerprint density at radius 1 is 0.605 bits per heavy atom. The first-order chi connectivity index (χ1) is 17.0. The summed E-state index contributed by atoms with van der Waals surface area (Å²) in [6.07, 6.45) is -0.840. The van der Waals surface area contributed by atoms with Crippen molar-refractivity contribution in [3.63, 3.8) is 0 Å². The van der Waals surface area contributed by atoms with Crippen molar-refractivity contribution in [1.82, 2.24) is 0 Å². The van der Waals surface area contributed by atoms with E-state index >= 15 is 0 Å². The van der Waals surface area contributed by atoms with E-state index in [1.165, 1.54) is 71.4 Å². The zero-order valence-electron chi connectivity index (χ0n) is 24.9. The van der Waals surface area contributed by atoms with Gasteiger partial charge in [-0.3, -0.25) is 0 Å². The first-order valence-corrected chi connectivity index (χ1v) is 14.0. The maximum absolute atomic E-state index is 14.0. The van der Waals surface area contributed by atoms with Crippen molar-refractivity contribution < 1.29 is 31.1 Å². The summed E-state index contributed by atoms with van der Waals surface area (Å²) in [5.41, 5.74) is -6.08. The second kappa shape index (κ2) is 13.0. The third kappa shape index (κ3) is 10.1. The number of ether oxygens (including phenoxy) is 1. The van der Waals surface area contributed by atoms with Crippen LogP contribution in [0.15, 0.2) is 24.3 Å². The first-order valence-electron chi connectivity index (χ1n) is 14.0. The molecule has 0 aliphatic carbocycles. The molecule has 0 aromatic heterocycles. The van der Waals surface area contributed by atoms with Gasteiger partial charge in [0, 0.05) is 5.56 Å². The number of hydrogen-bond acceptors (Lipinski definition) is 1. The summed E-state index contributed by atoms with van der Waals surface area (Å²) in [5, 5.41) is 0. The lowest BCUT2D eigenvalue weighted by molar-refractivity contribution is -0.407. The molecule has 0 fully saturated rings. The number of halogens is 6. The molecule has 1 atom stereocenters. The average Bonchev–Trinajstić information content (AvgIpc) is 2.72. The highest BCUT2D eigenvalue weighted by atomic mass is 19.4. The largest absolute Gasteiger partial charge is 0.430 e. The SMILES string of the molecule is CC(c1ccc(C(OC(C)(C)C)(C(F)(F)F)C(F)(F)F)cc1)C(C)(C)CCCCCCCCCC(C)(C)C. The van der Waals surface area contributed by atoms with E-state index in [1.807, 2.05) is 6.92 Å². The highest BCUT2D eigenvalue weighted by Crippen LogP contribution is 2.55. The smallest absolute Gasteiger partial charge is 0.348 e. The number of alkyl halides is 6. The summed E-state index contributed by atoms with van der Waals surface area (Å²) in [4.78, 5) is 0. The van der Waals surface area contributed by atoms with E-state index in [0.29, 0.717) is 11.0 Å². The first kappa shape index (κ1) is 34.8. The fraction of sp³-hybridized carbons (Fsp3) is 0.806. The Morgan fingerprint density at radius 2 is 1.00 bits per heavy atom. The highest BCUT2D eigenvalue weighted by Gasteiger charge is 2.74. The minimum atomic E-state index is -5.68. The van der Waals surface area contributed by atoms with Crippen LogP contribution in [0.5, 0.6) is 0 Å². The van der Waals surface area contributed by atoms with Crippen LogP contribution < -0.4 is 0 Å². The summed E-state index contributed by atoms with van der Waals surface area (Å²) in [7, 11) is 0. The van der Waals surface area contributed by atoms with Gasteiger partial charge in [-0.05, 0) is 55.9 Å². The molecule has 0 heterocycles. The van der Waals surface area contributed by atoms with E-state index in [-0.39, 0.29) is 11.3 Å². The maximum atomic E-state index is 14.0. The van der Waals surface area contributed by atoms with Gasteiger partial charge in [0.1, 0.15) is 0 Å². The van der Waals surface area contributed by atoms with Crippen molar-refractivity contribution in [3.05, 3.63) is 35.4 Å². The van der Waals surface area contributed by atoms with E-state index in [9.17, 15) is 26.3 Å². The van der Waals surface area contributed by atoms with Crippen LogP contribution >= 0.6 is 0 Å². The van der Waals surface area contributed by atoms with E-state index in [0.717, 1.165) is 31.4 Å². The molecule has 0 saturated carbocycles. The average molecular weight is 553 g/mol. The van der Waals surface area contributed by atoms with Crippen LogP contribution in [0, 0.1) is 10.8 Å². The van der Waals surface area contributed by atoms with E-state index in [4.69, 9.17) is 4.74 Å². The predicted molar refractivity (Wildman–Crippen MR) is 144 cm³/mol. The Kier molecular flexibility index (Phi) is 11.9. The zero-order chi connectivity index (χ0) is 29.6. The number of rotatable bonds is 13. The molecule has 1 rings (SSSR count). The molecule has 38 heavy (non-hydrogen) atoms. The third-order valence-corrected chi connectivity index (χ3v) is 7.49. The van der Waals surface area contributed by atoms with Crippen LogP contribution in [-0.4, -0.2) is 18.0 Å². The molecule has 0 amide bonds. The minimum absolute atomic E-state index is 0.0383. The molecule has 1 unspecified atom stereocenters. The standard InChI is InChI=1S/C31H50F6O/c1-23(28(8,9)22-16-14-12-10-11-13-15-21-26(2,3)4)24-17-19-25(20-18-24)29(30(32,33)34,31(35,36)37)38-27(5,6)7/h17-20,23H,10-16,21-22H2,1-9H3. The van der Waals surface area contributed by atoms with Gasteiger partial charge in [-0.15, -0.1) is 0 Å². The van der Waals surface area contributed by atoms with Crippen molar-refractivity contribution in [2.75, 3.05) is 0 Å². The molecule has 0 N–H and O–H groups in total. The lowest BCUT2D eigenvalue weighted by atomic mass is 9.72. The van der Waals surface area contributed by atoms with Gasteiger partial charge >= 0.3 is 12.4 Å². The number of hydrogen-bond donors (Lipinski definition) is 0. The molecule has 7 heteroatoms. The number of benzene rings is 1. The lowest BCUT2D eigenvalue weighted by Gasteiger charge is -2.42.